The fourth-order valence-corrected chi connectivity index (χ4v) is 1.44. The van der Waals surface area contributed by atoms with Crippen molar-refractivity contribution < 1.29 is 42.9 Å². The van der Waals surface area contributed by atoms with Crippen LogP contribution in [0.2, 0.25) is 0 Å². The molecule has 0 aromatic carbocycles. The molecule has 0 spiro atoms. The summed E-state index contributed by atoms with van der Waals surface area (Å²) in [7, 11) is 0. The fraction of sp³-hybridized carbons (Fsp3) is 0.471. The van der Waals surface area contributed by atoms with Crippen molar-refractivity contribution in [2.75, 3.05) is 13.2 Å². The van der Waals surface area contributed by atoms with E-state index in [0.29, 0.717) is 0 Å². The van der Waals surface area contributed by atoms with Gasteiger partial charge in [-0.3, -0.25) is 4.79 Å². The second-order valence-corrected chi connectivity index (χ2v) is 5.10. The first-order valence-corrected chi connectivity index (χ1v) is 7.93. The molecule has 10 nitrogen and oxygen atoms in total. The third-order valence-electron chi connectivity index (χ3n) is 2.89. The zero-order valence-corrected chi connectivity index (χ0v) is 15.4. The summed E-state index contributed by atoms with van der Waals surface area (Å²) >= 11 is 0. The van der Waals surface area contributed by atoms with Crippen molar-refractivity contribution >= 4 is 29.8 Å². The molecule has 0 radical (unpaired) electrons. The van der Waals surface area contributed by atoms with E-state index in [1.165, 1.54) is 20.8 Å². The quantitative estimate of drug-likeness (QED) is 0.222. The van der Waals surface area contributed by atoms with Gasteiger partial charge in [0.05, 0.1) is 6.54 Å². The van der Waals surface area contributed by atoms with E-state index in [4.69, 9.17) is 9.47 Å². The van der Waals surface area contributed by atoms with Gasteiger partial charge in [-0.2, -0.15) is 0 Å². The summed E-state index contributed by atoms with van der Waals surface area (Å²) in [4.78, 5) is 57.2. The van der Waals surface area contributed by atoms with E-state index in [2.05, 4.69) is 27.9 Å². The van der Waals surface area contributed by atoms with Gasteiger partial charge in [0.1, 0.15) is 6.61 Å². The molecule has 0 bridgehead atoms. The molecule has 0 saturated heterocycles. The molecule has 0 aromatic rings. The summed E-state index contributed by atoms with van der Waals surface area (Å²) in [6.07, 6.45) is -1.89. The largest absolute Gasteiger partial charge is 0.461 e. The third-order valence-corrected chi connectivity index (χ3v) is 2.89. The molecule has 0 heterocycles. The predicted molar refractivity (Wildman–Crippen MR) is 91.0 cm³/mol. The van der Waals surface area contributed by atoms with Gasteiger partial charge in [0.2, 0.25) is 0 Å². The zero-order valence-electron chi connectivity index (χ0n) is 15.4. The Morgan fingerprint density at radius 1 is 0.815 bits per heavy atom. The summed E-state index contributed by atoms with van der Waals surface area (Å²) in [5, 5.41) is 2.39. The van der Waals surface area contributed by atoms with E-state index < -0.39 is 48.1 Å². The molecule has 1 amide bonds. The minimum absolute atomic E-state index is 0.0109. The number of rotatable bonds is 11. The third kappa shape index (κ3) is 9.78. The van der Waals surface area contributed by atoms with E-state index in [1.807, 2.05) is 0 Å². The Labute approximate surface area is 156 Å². The first-order chi connectivity index (χ1) is 12.6. The van der Waals surface area contributed by atoms with Crippen LogP contribution in [0.4, 0.5) is 0 Å². The smallest absolute Gasteiger partial charge is 0.348 e. The molecule has 0 aliphatic carbocycles. The summed E-state index contributed by atoms with van der Waals surface area (Å²) in [6, 6.07) is 0. The maximum Gasteiger partial charge on any atom is 0.348 e. The standard InChI is InChI=1S/C17H23NO9/c1-6-13(19)24-9-8-18-15(21)10(3)26-17(23)12(5)27-16(22)11(4)25-14(20)7-2/h6-7,10-12H,1-2,8-9H2,3-5H3,(H,18,21). The first kappa shape index (κ1) is 23.8. The molecule has 27 heavy (non-hydrogen) atoms. The van der Waals surface area contributed by atoms with Gasteiger partial charge >= 0.3 is 23.9 Å². The van der Waals surface area contributed by atoms with E-state index in [-0.39, 0.29) is 13.2 Å². The number of hydrogen-bond acceptors (Lipinski definition) is 9. The average molecular weight is 385 g/mol. The van der Waals surface area contributed by atoms with Crippen molar-refractivity contribution in [1.82, 2.24) is 5.32 Å². The fourth-order valence-electron chi connectivity index (χ4n) is 1.44. The number of esters is 4. The SMILES string of the molecule is C=CC(=O)OCCNC(=O)C(C)OC(=O)C(C)OC(=O)C(C)OC(=O)C=C. The Hall–Kier alpha value is -3.17. The second kappa shape index (κ2) is 12.2. The Balaban J connectivity index is 4.32. The normalized spacial score (nSPS) is 13.1. The summed E-state index contributed by atoms with van der Waals surface area (Å²) in [5.74, 6) is -4.02. The van der Waals surface area contributed by atoms with Crippen LogP contribution in [-0.2, 0) is 42.9 Å². The predicted octanol–water partition coefficient (Wildman–Crippen LogP) is -0.187. The highest BCUT2D eigenvalue weighted by Gasteiger charge is 2.27. The van der Waals surface area contributed by atoms with Crippen molar-refractivity contribution in [2.24, 2.45) is 0 Å². The van der Waals surface area contributed by atoms with Crippen LogP contribution in [0, 0.1) is 0 Å². The van der Waals surface area contributed by atoms with Crippen LogP contribution in [0.5, 0.6) is 0 Å². The Morgan fingerprint density at radius 2 is 1.30 bits per heavy atom. The van der Waals surface area contributed by atoms with E-state index in [1.54, 1.807) is 0 Å². The maximum atomic E-state index is 11.9. The van der Waals surface area contributed by atoms with Crippen LogP contribution in [0.1, 0.15) is 20.8 Å². The van der Waals surface area contributed by atoms with Gasteiger partial charge in [0.25, 0.3) is 5.91 Å². The van der Waals surface area contributed by atoms with Gasteiger partial charge in [-0.25, -0.2) is 19.2 Å². The van der Waals surface area contributed by atoms with Gasteiger partial charge in [0.15, 0.2) is 18.3 Å². The number of amides is 1. The van der Waals surface area contributed by atoms with Crippen LogP contribution in [-0.4, -0.2) is 61.2 Å². The minimum atomic E-state index is -1.33. The number of hydrogen-bond donors (Lipinski definition) is 1. The highest BCUT2D eigenvalue weighted by atomic mass is 16.6. The molecule has 1 N–H and O–H groups in total. The van der Waals surface area contributed by atoms with Crippen molar-refractivity contribution in [3.05, 3.63) is 25.3 Å². The molecule has 150 valence electrons. The molecule has 0 aliphatic heterocycles. The van der Waals surface area contributed by atoms with E-state index in [9.17, 15) is 24.0 Å². The van der Waals surface area contributed by atoms with Crippen LogP contribution in [0.3, 0.4) is 0 Å². The monoisotopic (exact) mass is 385 g/mol. The first-order valence-electron chi connectivity index (χ1n) is 7.93. The van der Waals surface area contributed by atoms with E-state index in [0.717, 1.165) is 12.2 Å². The van der Waals surface area contributed by atoms with Crippen LogP contribution >= 0.6 is 0 Å². The van der Waals surface area contributed by atoms with Crippen molar-refractivity contribution in [2.45, 2.75) is 39.1 Å². The van der Waals surface area contributed by atoms with Crippen molar-refractivity contribution in [1.29, 1.82) is 0 Å². The highest BCUT2D eigenvalue weighted by Crippen LogP contribution is 2.04. The summed E-state index contributed by atoms with van der Waals surface area (Å²) < 4.78 is 19.0. The highest BCUT2D eigenvalue weighted by molar-refractivity contribution is 5.87. The van der Waals surface area contributed by atoms with Gasteiger partial charge in [0, 0.05) is 12.2 Å². The number of carbonyl (C=O) groups is 5. The van der Waals surface area contributed by atoms with E-state index >= 15 is 0 Å². The summed E-state index contributed by atoms with van der Waals surface area (Å²) in [6.45, 7) is 10.1. The lowest BCUT2D eigenvalue weighted by Crippen LogP contribution is -2.40. The molecule has 3 atom stereocenters. The molecule has 0 saturated carbocycles. The topological polar surface area (TPSA) is 134 Å². The molecule has 10 heteroatoms. The lowest BCUT2D eigenvalue weighted by molar-refractivity contribution is -0.178. The molecule has 0 fully saturated rings. The molecular weight excluding hydrogens is 362 g/mol. The lowest BCUT2D eigenvalue weighted by Gasteiger charge is -2.18. The van der Waals surface area contributed by atoms with Crippen molar-refractivity contribution in [3.8, 4) is 0 Å². The van der Waals surface area contributed by atoms with Crippen molar-refractivity contribution in [3.63, 3.8) is 0 Å². The minimum Gasteiger partial charge on any atom is -0.461 e. The zero-order chi connectivity index (χ0) is 21.0. The number of carbonyl (C=O) groups excluding carboxylic acids is 5. The number of nitrogens with one attached hydrogen (secondary N) is 1. The number of ether oxygens (including phenoxy) is 4. The van der Waals surface area contributed by atoms with Gasteiger partial charge in [-0.1, -0.05) is 13.2 Å². The molecule has 0 aromatic heterocycles. The Kier molecular flexibility index (Phi) is 10.8. The average Bonchev–Trinajstić information content (AvgIpc) is 2.63. The Bertz CT molecular complexity index is 599. The second-order valence-electron chi connectivity index (χ2n) is 5.10. The van der Waals surface area contributed by atoms with Gasteiger partial charge in [-0.05, 0) is 20.8 Å². The van der Waals surface area contributed by atoms with Gasteiger partial charge in [-0.15, -0.1) is 0 Å². The summed E-state index contributed by atoms with van der Waals surface area (Å²) in [5.41, 5.74) is 0. The van der Waals surface area contributed by atoms with Crippen LogP contribution < -0.4 is 5.32 Å². The lowest BCUT2D eigenvalue weighted by atomic mass is 10.3. The molecule has 0 rings (SSSR count). The Morgan fingerprint density at radius 3 is 1.81 bits per heavy atom. The van der Waals surface area contributed by atoms with Crippen LogP contribution in [0.25, 0.3) is 0 Å². The molecule has 3 unspecified atom stereocenters. The maximum absolute atomic E-state index is 11.9. The molecular formula is C17H23NO9. The van der Waals surface area contributed by atoms with Gasteiger partial charge < -0.3 is 24.3 Å². The molecule has 0 aliphatic rings. The van der Waals surface area contributed by atoms with Crippen LogP contribution in [0.15, 0.2) is 25.3 Å².